The van der Waals surface area contributed by atoms with E-state index in [1.807, 2.05) is 0 Å². The fourth-order valence-corrected chi connectivity index (χ4v) is 3.22. The topological polar surface area (TPSA) is 131 Å². The van der Waals surface area contributed by atoms with Gasteiger partial charge in [-0.25, -0.2) is 36.1 Å². The first-order valence-corrected chi connectivity index (χ1v) is 9.56. The summed E-state index contributed by atoms with van der Waals surface area (Å²) in [6.07, 6.45) is -4.04. The van der Waals surface area contributed by atoms with Gasteiger partial charge in [0.2, 0.25) is 0 Å². The van der Waals surface area contributed by atoms with Crippen LogP contribution in [0.3, 0.4) is 0 Å². The van der Waals surface area contributed by atoms with Gasteiger partial charge in [0, 0.05) is 13.1 Å². The van der Waals surface area contributed by atoms with E-state index in [1.54, 1.807) is 4.72 Å². The first-order valence-electron chi connectivity index (χ1n) is 8.08. The van der Waals surface area contributed by atoms with Gasteiger partial charge in [0.1, 0.15) is 16.4 Å². The summed E-state index contributed by atoms with van der Waals surface area (Å²) in [6.45, 7) is -1.84. The Morgan fingerprint density at radius 2 is 1.90 bits per heavy atom. The van der Waals surface area contributed by atoms with Gasteiger partial charge in [0.05, 0.1) is 14.2 Å². The lowest BCUT2D eigenvalue weighted by Crippen LogP contribution is -2.40. The molecular formula is C15H16F4N4O7S. The Labute approximate surface area is 172 Å². The number of hydrogen-bond donors (Lipinski definition) is 1. The standard InChI is InChI=1S/C15H16F4N4O7S/c1-22-13(30-7-15(18,19)11(16)17)20-23(14(22)25)12(24)21-31(26,27)10-6-8(28-2)4-5-9(10)29-3/h4-6,11H,7H2,1-3H3,(H,21,24). The maximum Gasteiger partial charge on any atom is 0.360 e. The second kappa shape index (κ2) is 8.83. The van der Waals surface area contributed by atoms with Crippen LogP contribution in [0.15, 0.2) is 27.9 Å². The summed E-state index contributed by atoms with van der Waals surface area (Å²) < 4.78 is 91.7. The van der Waals surface area contributed by atoms with Crippen LogP contribution >= 0.6 is 0 Å². The number of carbonyl (C=O) groups is 1. The van der Waals surface area contributed by atoms with Crippen LogP contribution in [-0.4, -0.2) is 62.0 Å². The minimum Gasteiger partial charge on any atom is -0.497 e. The zero-order valence-electron chi connectivity index (χ0n) is 16.1. The third-order valence-electron chi connectivity index (χ3n) is 3.73. The van der Waals surface area contributed by atoms with Crippen molar-refractivity contribution in [1.29, 1.82) is 0 Å². The molecule has 0 spiro atoms. The molecule has 0 unspecified atom stereocenters. The molecule has 1 heterocycles. The third kappa shape index (κ3) is 5.07. The molecule has 172 valence electrons. The zero-order chi connectivity index (χ0) is 23.6. The van der Waals surface area contributed by atoms with E-state index < -0.39 is 51.6 Å². The Kier molecular flexibility index (Phi) is 6.83. The van der Waals surface area contributed by atoms with E-state index in [-0.39, 0.29) is 16.2 Å². The van der Waals surface area contributed by atoms with Crippen LogP contribution in [0.1, 0.15) is 0 Å². The predicted molar refractivity (Wildman–Crippen MR) is 94.6 cm³/mol. The molecule has 0 bridgehead atoms. The number of aromatic nitrogens is 3. The summed E-state index contributed by atoms with van der Waals surface area (Å²) in [4.78, 5) is 23.9. The number of rotatable bonds is 8. The number of ether oxygens (including phenoxy) is 3. The van der Waals surface area contributed by atoms with Crippen molar-refractivity contribution in [3.63, 3.8) is 0 Å². The molecule has 0 fully saturated rings. The lowest BCUT2D eigenvalue weighted by atomic mass is 10.3. The molecule has 0 radical (unpaired) electrons. The average Bonchev–Trinajstić information content (AvgIpc) is 3.00. The van der Waals surface area contributed by atoms with Gasteiger partial charge in [0.25, 0.3) is 10.0 Å². The normalized spacial score (nSPS) is 12.0. The minimum atomic E-state index is -4.62. The molecule has 1 amide bonds. The highest BCUT2D eigenvalue weighted by Crippen LogP contribution is 2.28. The van der Waals surface area contributed by atoms with Crippen LogP contribution in [0.2, 0.25) is 0 Å². The summed E-state index contributed by atoms with van der Waals surface area (Å²) in [5.41, 5.74) is -1.29. The first-order chi connectivity index (χ1) is 14.3. The van der Waals surface area contributed by atoms with Gasteiger partial charge in [-0.2, -0.15) is 8.78 Å². The summed E-state index contributed by atoms with van der Waals surface area (Å²) in [7, 11) is -1.25. The van der Waals surface area contributed by atoms with Crippen molar-refractivity contribution in [3.8, 4) is 17.5 Å². The fraction of sp³-hybridized carbons (Fsp3) is 0.400. The van der Waals surface area contributed by atoms with Gasteiger partial charge in [0.15, 0.2) is 6.61 Å². The lowest BCUT2D eigenvalue weighted by Gasteiger charge is -2.14. The molecule has 0 aliphatic rings. The minimum absolute atomic E-state index is 0.0416. The Hall–Kier alpha value is -3.30. The van der Waals surface area contributed by atoms with Gasteiger partial charge < -0.3 is 14.2 Å². The number of nitrogens with zero attached hydrogens (tertiary/aromatic N) is 3. The van der Waals surface area contributed by atoms with Gasteiger partial charge in [-0.15, -0.1) is 9.78 Å². The monoisotopic (exact) mass is 472 g/mol. The number of halogens is 4. The number of nitrogens with one attached hydrogen (secondary N) is 1. The maximum absolute atomic E-state index is 13.0. The molecule has 0 atom stereocenters. The van der Waals surface area contributed by atoms with Crippen LogP contribution in [0, 0.1) is 0 Å². The lowest BCUT2D eigenvalue weighted by molar-refractivity contribution is -0.149. The molecule has 2 aromatic rings. The van der Waals surface area contributed by atoms with E-state index in [1.165, 1.54) is 26.4 Å². The Bertz CT molecular complexity index is 1130. The summed E-state index contributed by atoms with van der Waals surface area (Å²) in [6, 6.07) is 1.16. The smallest absolute Gasteiger partial charge is 0.360 e. The fourth-order valence-electron chi connectivity index (χ4n) is 2.11. The molecule has 1 N–H and O–H groups in total. The van der Waals surface area contributed by atoms with E-state index >= 15 is 0 Å². The maximum atomic E-state index is 13.0. The predicted octanol–water partition coefficient (Wildman–Crippen LogP) is 0.825. The number of sulfonamides is 1. The van der Waals surface area contributed by atoms with E-state index in [9.17, 15) is 35.6 Å². The molecule has 0 saturated carbocycles. The number of amides is 1. The van der Waals surface area contributed by atoms with Gasteiger partial charge >= 0.3 is 30.1 Å². The third-order valence-corrected chi connectivity index (χ3v) is 5.07. The van der Waals surface area contributed by atoms with Gasteiger partial charge in [-0.3, -0.25) is 0 Å². The number of carbonyl (C=O) groups excluding carboxylic acids is 1. The molecule has 31 heavy (non-hydrogen) atoms. The first kappa shape index (κ1) is 24.0. The average molecular weight is 472 g/mol. The molecule has 0 aliphatic carbocycles. The molecule has 16 heteroatoms. The quantitative estimate of drug-likeness (QED) is 0.559. The Morgan fingerprint density at radius 1 is 1.26 bits per heavy atom. The number of alkyl halides is 4. The van der Waals surface area contributed by atoms with Crippen LogP contribution < -0.4 is 24.6 Å². The van der Waals surface area contributed by atoms with E-state index in [2.05, 4.69) is 9.84 Å². The molecule has 11 nitrogen and oxygen atoms in total. The van der Waals surface area contributed by atoms with Crippen molar-refractivity contribution in [2.45, 2.75) is 17.2 Å². The van der Waals surface area contributed by atoms with E-state index in [4.69, 9.17) is 9.47 Å². The van der Waals surface area contributed by atoms with Crippen LogP contribution in [0.4, 0.5) is 22.4 Å². The van der Waals surface area contributed by atoms with Crippen molar-refractivity contribution in [3.05, 3.63) is 28.7 Å². The van der Waals surface area contributed by atoms with Crippen molar-refractivity contribution in [2.24, 2.45) is 7.05 Å². The van der Waals surface area contributed by atoms with Gasteiger partial charge in [-0.1, -0.05) is 0 Å². The van der Waals surface area contributed by atoms with Crippen molar-refractivity contribution >= 4 is 16.1 Å². The van der Waals surface area contributed by atoms with Crippen molar-refractivity contribution in [2.75, 3.05) is 20.8 Å². The van der Waals surface area contributed by atoms with Gasteiger partial charge in [-0.05, 0) is 12.1 Å². The SMILES string of the molecule is COc1ccc(OC)c(S(=O)(=O)NC(=O)n2nc(OCC(F)(F)C(F)F)n(C)c2=O)c1. The van der Waals surface area contributed by atoms with Crippen LogP contribution in [0.5, 0.6) is 17.5 Å². The molecule has 1 aromatic heterocycles. The van der Waals surface area contributed by atoms with E-state index in [0.717, 1.165) is 13.1 Å². The van der Waals surface area contributed by atoms with Crippen molar-refractivity contribution < 1.29 is 45.0 Å². The largest absolute Gasteiger partial charge is 0.497 e. The van der Waals surface area contributed by atoms with Crippen LogP contribution in [-0.2, 0) is 17.1 Å². The van der Waals surface area contributed by atoms with Crippen LogP contribution in [0.25, 0.3) is 0 Å². The molecular weight excluding hydrogens is 456 g/mol. The number of methoxy groups -OCH3 is 2. The second-order valence-corrected chi connectivity index (χ2v) is 7.46. The second-order valence-electron chi connectivity index (χ2n) is 5.81. The molecule has 0 saturated heterocycles. The summed E-state index contributed by atoms with van der Waals surface area (Å²) >= 11 is 0. The van der Waals surface area contributed by atoms with Crippen molar-refractivity contribution in [1.82, 2.24) is 19.1 Å². The zero-order valence-corrected chi connectivity index (χ0v) is 17.0. The highest BCUT2D eigenvalue weighted by Gasteiger charge is 2.42. The number of hydrogen-bond acceptors (Lipinski definition) is 8. The highest BCUT2D eigenvalue weighted by molar-refractivity contribution is 7.90. The highest BCUT2D eigenvalue weighted by atomic mass is 32.2. The van der Waals surface area contributed by atoms with E-state index in [0.29, 0.717) is 4.57 Å². The Balaban J connectivity index is 2.31. The molecule has 1 aromatic carbocycles. The summed E-state index contributed by atoms with van der Waals surface area (Å²) in [5.74, 6) is -4.60. The molecule has 2 rings (SSSR count). The summed E-state index contributed by atoms with van der Waals surface area (Å²) in [5, 5.41) is 3.26. The molecule has 0 aliphatic heterocycles. The Morgan fingerprint density at radius 3 is 2.45 bits per heavy atom. The number of benzene rings is 1.